The van der Waals surface area contributed by atoms with Crippen molar-refractivity contribution in [3.8, 4) is 6.07 Å². The van der Waals surface area contributed by atoms with Crippen molar-refractivity contribution in [2.45, 2.75) is 11.8 Å². The molecule has 1 aromatic carbocycles. The molecule has 0 aliphatic carbocycles. The molecule has 0 aliphatic rings. The molecule has 1 heterocycles. The van der Waals surface area contributed by atoms with E-state index in [4.69, 9.17) is 16.9 Å². The molecule has 0 fully saturated rings. The summed E-state index contributed by atoms with van der Waals surface area (Å²) in [5.41, 5.74) is 0.890. The Labute approximate surface area is 115 Å². The number of halogens is 1. The van der Waals surface area contributed by atoms with Gasteiger partial charge in [-0.05, 0) is 24.6 Å². The minimum atomic E-state index is -3.81. The summed E-state index contributed by atoms with van der Waals surface area (Å²) < 4.78 is 26.5. The number of nitrogens with zero attached hydrogens (tertiary/aromatic N) is 2. The molecular formula is C11H9ClN4O2S. The predicted octanol–water partition coefficient (Wildman–Crippen LogP) is 2.04. The molecule has 0 saturated carbocycles. The van der Waals surface area contributed by atoms with Crippen LogP contribution < -0.4 is 4.72 Å². The van der Waals surface area contributed by atoms with E-state index in [9.17, 15) is 8.42 Å². The van der Waals surface area contributed by atoms with E-state index < -0.39 is 10.0 Å². The molecule has 0 bridgehead atoms. The number of rotatable bonds is 3. The molecule has 1 aromatic heterocycles. The summed E-state index contributed by atoms with van der Waals surface area (Å²) in [6, 6.07) is 6.21. The lowest BCUT2D eigenvalue weighted by atomic mass is 10.2. The molecule has 6 nitrogen and oxygen atoms in total. The van der Waals surface area contributed by atoms with Crippen molar-refractivity contribution in [2.24, 2.45) is 0 Å². The number of anilines is 1. The number of nitrogens with one attached hydrogen (secondary N) is 2. The van der Waals surface area contributed by atoms with Crippen LogP contribution >= 0.6 is 11.6 Å². The van der Waals surface area contributed by atoms with Crippen LogP contribution in [-0.4, -0.2) is 18.6 Å². The maximum absolute atomic E-state index is 12.1. The maximum atomic E-state index is 12.1. The molecule has 0 aliphatic heterocycles. The minimum Gasteiger partial charge on any atom is -0.263 e. The van der Waals surface area contributed by atoms with E-state index in [2.05, 4.69) is 14.9 Å². The third-order valence-corrected chi connectivity index (χ3v) is 4.20. The lowest BCUT2D eigenvalue weighted by molar-refractivity contribution is 0.601. The normalized spacial score (nSPS) is 11.0. The Hall–Kier alpha value is -2.04. The molecule has 0 amide bonds. The van der Waals surface area contributed by atoms with Gasteiger partial charge in [0.15, 0.2) is 5.82 Å². The second-order valence-electron chi connectivity index (χ2n) is 3.79. The summed E-state index contributed by atoms with van der Waals surface area (Å²) in [6.07, 6.45) is 1.24. The average Bonchev–Trinajstić information content (AvgIpc) is 2.79. The zero-order valence-electron chi connectivity index (χ0n) is 9.81. The summed E-state index contributed by atoms with van der Waals surface area (Å²) in [5, 5.41) is 15.2. The fraction of sp³-hybridized carbons (Fsp3) is 0.0909. The van der Waals surface area contributed by atoms with Gasteiger partial charge >= 0.3 is 0 Å². The number of aromatic amines is 1. The van der Waals surface area contributed by atoms with Gasteiger partial charge in [-0.3, -0.25) is 9.82 Å². The standard InChI is InChI=1S/C11H9ClN4O2S/c1-7-2-3-9(4-10(7)12)19(17,18)16-11-8(5-13)6-14-15-11/h2-4,6H,1H3,(H2,14,15,16). The van der Waals surface area contributed by atoms with Crippen LogP contribution in [-0.2, 0) is 10.0 Å². The highest BCUT2D eigenvalue weighted by Gasteiger charge is 2.18. The van der Waals surface area contributed by atoms with Crippen LogP contribution in [0, 0.1) is 18.3 Å². The van der Waals surface area contributed by atoms with Gasteiger partial charge in [0.05, 0.1) is 11.1 Å². The topological polar surface area (TPSA) is 98.6 Å². The molecule has 19 heavy (non-hydrogen) atoms. The molecule has 2 N–H and O–H groups in total. The third kappa shape index (κ3) is 2.70. The number of hydrogen-bond donors (Lipinski definition) is 2. The molecule has 0 radical (unpaired) electrons. The van der Waals surface area contributed by atoms with Crippen molar-refractivity contribution in [1.82, 2.24) is 10.2 Å². The van der Waals surface area contributed by atoms with Crippen LogP contribution in [0.5, 0.6) is 0 Å². The first-order valence-electron chi connectivity index (χ1n) is 5.16. The monoisotopic (exact) mass is 296 g/mol. The second-order valence-corrected chi connectivity index (χ2v) is 5.88. The first-order valence-corrected chi connectivity index (χ1v) is 7.02. The van der Waals surface area contributed by atoms with E-state index in [0.717, 1.165) is 5.56 Å². The van der Waals surface area contributed by atoms with Crippen LogP contribution in [0.25, 0.3) is 0 Å². The van der Waals surface area contributed by atoms with Gasteiger partial charge in [0.25, 0.3) is 10.0 Å². The molecule has 0 atom stereocenters. The first kappa shape index (κ1) is 13.4. The summed E-state index contributed by atoms with van der Waals surface area (Å²) in [5.74, 6) is 0.0270. The van der Waals surface area contributed by atoms with Gasteiger partial charge in [-0.2, -0.15) is 10.4 Å². The van der Waals surface area contributed by atoms with Gasteiger partial charge in [-0.25, -0.2) is 8.42 Å². The molecule has 8 heteroatoms. The van der Waals surface area contributed by atoms with Crippen molar-refractivity contribution in [1.29, 1.82) is 5.26 Å². The molecule has 98 valence electrons. The van der Waals surface area contributed by atoms with Gasteiger partial charge < -0.3 is 0 Å². The van der Waals surface area contributed by atoms with E-state index >= 15 is 0 Å². The Morgan fingerprint density at radius 3 is 2.84 bits per heavy atom. The largest absolute Gasteiger partial charge is 0.263 e. The number of H-pyrrole nitrogens is 1. The van der Waals surface area contributed by atoms with Crippen LogP contribution in [0.4, 0.5) is 5.82 Å². The minimum absolute atomic E-state index is 0.0154. The Balaban J connectivity index is 2.38. The SMILES string of the molecule is Cc1ccc(S(=O)(=O)Nc2[nH]ncc2C#N)cc1Cl. The fourth-order valence-corrected chi connectivity index (χ4v) is 2.69. The Bertz CT molecular complexity index is 761. The smallest absolute Gasteiger partial charge is 0.263 e. The number of sulfonamides is 1. The van der Waals surface area contributed by atoms with Gasteiger partial charge in [0.2, 0.25) is 0 Å². The highest BCUT2D eigenvalue weighted by atomic mass is 35.5. The van der Waals surface area contributed by atoms with Crippen molar-refractivity contribution in [2.75, 3.05) is 4.72 Å². The lowest BCUT2D eigenvalue weighted by Gasteiger charge is -2.07. The number of benzene rings is 1. The fourth-order valence-electron chi connectivity index (χ4n) is 1.38. The highest BCUT2D eigenvalue weighted by Crippen LogP contribution is 2.22. The molecule has 0 unspecified atom stereocenters. The van der Waals surface area contributed by atoms with Crippen molar-refractivity contribution in [3.63, 3.8) is 0 Å². The van der Waals surface area contributed by atoms with Crippen LogP contribution in [0.15, 0.2) is 29.3 Å². The van der Waals surface area contributed by atoms with E-state index in [1.165, 1.54) is 18.3 Å². The number of aryl methyl sites for hydroxylation is 1. The summed E-state index contributed by atoms with van der Waals surface area (Å²) in [7, 11) is -3.81. The van der Waals surface area contributed by atoms with E-state index in [0.29, 0.717) is 5.02 Å². The van der Waals surface area contributed by atoms with Crippen molar-refractivity contribution in [3.05, 3.63) is 40.5 Å². The van der Waals surface area contributed by atoms with Crippen LogP contribution in [0.2, 0.25) is 5.02 Å². The highest BCUT2D eigenvalue weighted by molar-refractivity contribution is 7.92. The molecule has 0 saturated heterocycles. The van der Waals surface area contributed by atoms with E-state index in [1.54, 1.807) is 13.0 Å². The summed E-state index contributed by atoms with van der Waals surface area (Å²) in [6.45, 7) is 1.77. The number of nitriles is 1. The summed E-state index contributed by atoms with van der Waals surface area (Å²) in [4.78, 5) is 0.0154. The van der Waals surface area contributed by atoms with Gasteiger partial charge in [0.1, 0.15) is 11.6 Å². The van der Waals surface area contributed by atoms with E-state index in [1.807, 2.05) is 6.07 Å². The quantitative estimate of drug-likeness (QED) is 0.905. The Morgan fingerprint density at radius 1 is 1.47 bits per heavy atom. The number of aromatic nitrogens is 2. The molecule has 2 rings (SSSR count). The van der Waals surface area contributed by atoms with Gasteiger partial charge in [-0.15, -0.1) is 0 Å². The van der Waals surface area contributed by atoms with Crippen molar-refractivity contribution < 1.29 is 8.42 Å². The van der Waals surface area contributed by atoms with Crippen LogP contribution in [0.3, 0.4) is 0 Å². The Kier molecular flexibility index (Phi) is 3.46. The zero-order chi connectivity index (χ0) is 14.0. The van der Waals surface area contributed by atoms with Crippen molar-refractivity contribution >= 4 is 27.4 Å². The second kappa shape index (κ2) is 4.91. The Morgan fingerprint density at radius 2 is 2.21 bits per heavy atom. The maximum Gasteiger partial charge on any atom is 0.263 e. The first-order chi connectivity index (χ1) is 8.94. The summed E-state index contributed by atoms with van der Waals surface area (Å²) >= 11 is 5.90. The van der Waals surface area contributed by atoms with Gasteiger partial charge in [-0.1, -0.05) is 17.7 Å². The van der Waals surface area contributed by atoms with E-state index in [-0.39, 0.29) is 16.3 Å². The predicted molar refractivity (Wildman–Crippen MR) is 70.3 cm³/mol. The lowest BCUT2D eigenvalue weighted by Crippen LogP contribution is -2.14. The number of hydrogen-bond acceptors (Lipinski definition) is 4. The molecular weight excluding hydrogens is 288 g/mol. The van der Waals surface area contributed by atoms with Crippen LogP contribution in [0.1, 0.15) is 11.1 Å². The molecule has 0 spiro atoms. The zero-order valence-corrected chi connectivity index (χ0v) is 11.4. The third-order valence-electron chi connectivity index (χ3n) is 2.45. The average molecular weight is 297 g/mol. The molecule has 2 aromatic rings. The van der Waals surface area contributed by atoms with Gasteiger partial charge in [0, 0.05) is 5.02 Å².